The summed E-state index contributed by atoms with van der Waals surface area (Å²) in [5.41, 5.74) is 5.44. The first-order chi connectivity index (χ1) is 14.2. The summed E-state index contributed by atoms with van der Waals surface area (Å²) >= 11 is 0. The Morgan fingerprint density at radius 3 is 1.97 bits per heavy atom. The van der Waals surface area contributed by atoms with Crippen molar-refractivity contribution in [2.75, 3.05) is 5.32 Å². The minimum Gasteiger partial charge on any atom is -0.478 e. The smallest absolute Gasteiger partial charge is 0.337 e. The Morgan fingerprint density at radius 2 is 1.34 bits per heavy atom. The summed E-state index contributed by atoms with van der Waals surface area (Å²) in [6, 6.07) is 27.7. The lowest BCUT2D eigenvalue weighted by Gasteiger charge is -2.10. The van der Waals surface area contributed by atoms with E-state index in [0.717, 1.165) is 24.2 Å². The van der Waals surface area contributed by atoms with Crippen LogP contribution in [-0.2, 0) is 12.8 Å². The van der Waals surface area contributed by atoms with E-state index in [2.05, 4.69) is 46.3 Å². The molecule has 0 bridgehead atoms. The maximum absolute atomic E-state index is 11.3. The standard InChI is InChI=1S/C25H22N2O2/c28-25(29)23-5-1-2-6-24(23)26-21-13-9-19(10-14-21)7-8-20-11-15-22(16-12-20)27-17-3-4-18-27/h1-6,9-18,26H,7-8H2,(H,28,29). The summed E-state index contributed by atoms with van der Waals surface area (Å²) in [5.74, 6) is -0.937. The summed E-state index contributed by atoms with van der Waals surface area (Å²) < 4.78 is 2.10. The molecule has 4 rings (SSSR count). The molecule has 1 heterocycles. The van der Waals surface area contributed by atoms with Gasteiger partial charge in [-0.3, -0.25) is 0 Å². The molecule has 0 saturated heterocycles. The van der Waals surface area contributed by atoms with Crippen molar-refractivity contribution in [2.24, 2.45) is 0 Å². The molecule has 0 fully saturated rings. The molecule has 4 nitrogen and oxygen atoms in total. The van der Waals surface area contributed by atoms with Crippen molar-refractivity contribution >= 4 is 17.3 Å². The van der Waals surface area contributed by atoms with Gasteiger partial charge < -0.3 is 15.0 Å². The Labute approximate surface area is 170 Å². The fraction of sp³-hybridized carbons (Fsp3) is 0.0800. The number of para-hydroxylation sites is 1. The minimum absolute atomic E-state index is 0.264. The summed E-state index contributed by atoms with van der Waals surface area (Å²) in [7, 11) is 0. The third-order valence-corrected chi connectivity index (χ3v) is 4.93. The van der Waals surface area contributed by atoms with E-state index in [1.807, 2.05) is 42.7 Å². The first-order valence-corrected chi connectivity index (χ1v) is 9.59. The number of benzene rings is 3. The van der Waals surface area contributed by atoms with Crippen molar-refractivity contribution in [3.05, 3.63) is 114 Å². The Bertz CT molecular complexity index is 1080. The van der Waals surface area contributed by atoms with Gasteiger partial charge in [0.1, 0.15) is 0 Å². The van der Waals surface area contributed by atoms with Crippen molar-refractivity contribution in [1.29, 1.82) is 0 Å². The average molecular weight is 382 g/mol. The number of hydrogen-bond donors (Lipinski definition) is 2. The third-order valence-electron chi connectivity index (χ3n) is 4.93. The number of aryl methyl sites for hydroxylation is 2. The highest BCUT2D eigenvalue weighted by Crippen LogP contribution is 2.22. The lowest BCUT2D eigenvalue weighted by Crippen LogP contribution is -2.02. The van der Waals surface area contributed by atoms with Gasteiger partial charge in [0.25, 0.3) is 0 Å². The van der Waals surface area contributed by atoms with Crippen molar-refractivity contribution < 1.29 is 9.90 Å². The van der Waals surface area contributed by atoms with Crippen LogP contribution in [0.4, 0.5) is 11.4 Å². The molecule has 0 atom stereocenters. The third kappa shape index (κ3) is 4.55. The largest absolute Gasteiger partial charge is 0.478 e. The van der Waals surface area contributed by atoms with E-state index in [1.54, 1.807) is 18.2 Å². The number of carboxylic acid groups (broad SMARTS) is 1. The van der Waals surface area contributed by atoms with Crippen molar-refractivity contribution in [1.82, 2.24) is 4.57 Å². The molecule has 3 aromatic carbocycles. The number of aromatic nitrogens is 1. The molecule has 4 aromatic rings. The van der Waals surface area contributed by atoms with E-state index in [1.165, 1.54) is 11.1 Å². The van der Waals surface area contributed by atoms with Crippen LogP contribution in [0.25, 0.3) is 5.69 Å². The van der Waals surface area contributed by atoms with Crippen molar-refractivity contribution in [2.45, 2.75) is 12.8 Å². The molecular weight excluding hydrogens is 360 g/mol. The quantitative estimate of drug-likeness (QED) is 0.431. The summed E-state index contributed by atoms with van der Waals surface area (Å²) in [6.45, 7) is 0. The summed E-state index contributed by atoms with van der Waals surface area (Å²) in [4.78, 5) is 11.3. The van der Waals surface area contributed by atoms with Gasteiger partial charge in [-0.25, -0.2) is 4.79 Å². The molecule has 29 heavy (non-hydrogen) atoms. The van der Waals surface area contributed by atoms with Crippen LogP contribution in [0.2, 0.25) is 0 Å². The van der Waals surface area contributed by atoms with Gasteiger partial charge in [0.05, 0.1) is 11.3 Å². The molecule has 144 valence electrons. The number of nitrogens with zero attached hydrogens (tertiary/aromatic N) is 1. The van der Waals surface area contributed by atoms with Gasteiger partial charge in [-0.1, -0.05) is 36.4 Å². The van der Waals surface area contributed by atoms with Gasteiger partial charge in [0, 0.05) is 23.8 Å². The molecule has 1 aromatic heterocycles. The molecule has 0 spiro atoms. The SMILES string of the molecule is O=C(O)c1ccccc1Nc1ccc(CCc2ccc(-n3cccc3)cc2)cc1. The predicted octanol–water partition coefficient (Wildman–Crippen LogP) is 5.70. The van der Waals surface area contributed by atoms with Crippen LogP contribution in [0, 0.1) is 0 Å². The predicted molar refractivity (Wildman–Crippen MR) is 116 cm³/mol. The number of anilines is 2. The maximum Gasteiger partial charge on any atom is 0.337 e. The van der Waals surface area contributed by atoms with E-state index >= 15 is 0 Å². The number of hydrogen-bond acceptors (Lipinski definition) is 2. The van der Waals surface area contributed by atoms with Crippen LogP contribution in [-0.4, -0.2) is 15.6 Å². The van der Waals surface area contributed by atoms with E-state index in [9.17, 15) is 9.90 Å². The average Bonchev–Trinajstić information content (AvgIpc) is 3.29. The lowest BCUT2D eigenvalue weighted by atomic mass is 10.0. The van der Waals surface area contributed by atoms with Gasteiger partial charge in [0.15, 0.2) is 0 Å². The van der Waals surface area contributed by atoms with E-state index in [-0.39, 0.29) is 5.56 Å². The van der Waals surface area contributed by atoms with Crippen LogP contribution in [0.3, 0.4) is 0 Å². The Kier molecular flexibility index (Phi) is 5.43. The second-order valence-corrected chi connectivity index (χ2v) is 6.93. The fourth-order valence-electron chi connectivity index (χ4n) is 3.32. The van der Waals surface area contributed by atoms with Crippen molar-refractivity contribution in [3.63, 3.8) is 0 Å². The molecule has 0 aliphatic rings. The zero-order valence-corrected chi connectivity index (χ0v) is 16.0. The number of nitrogens with one attached hydrogen (secondary N) is 1. The molecule has 0 unspecified atom stereocenters. The minimum atomic E-state index is -0.937. The topological polar surface area (TPSA) is 54.3 Å². The Morgan fingerprint density at radius 1 is 0.759 bits per heavy atom. The molecule has 2 N–H and O–H groups in total. The van der Waals surface area contributed by atoms with Crippen LogP contribution in [0.1, 0.15) is 21.5 Å². The monoisotopic (exact) mass is 382 g/mol. The molecule has 0 aliphatic carbocycles. The normalized spacial score (nSPS) is 10.6. The highest BCUT2D eigenvalue weighted by Gasteiger charge is 2.08. The molecule has 0 radical (unpaired) electrons. The molecule has 4 heteroatoms. The molecular formula is C25H22N2O2. The van der Waals surface area contributed by atoms with Crippen LogP contribution < -0.4 is 5.32 Å². The Hall–Kier alpha value is -3.79. The summed E-state index contributed by atoms with van der Waals surface area (Å²) in [5, 5.41) is 12.5. The lowest BCUT2D eigenvalue weighted by molar-refractivity contribution is 0.0698. The number of carboxylic acids is 1. The Balaban J connectivity index is 1.37. The number of aromatic carboxylic acids is 1. The first-order valence-electron chi connectivity index (χ1n) is 9.59. The second-order valence-electron chi connectivity index (χ2n) is 6.93. The second kappa shape index (κ2) is 8.48. The van der Waals surface area contributed by atoms with Gasteiger partial charge in [-0.2, -0.15) is 0 Å². The van der Waals surface area contributed by atoms with Crippen molar-refractivity contribution in [3.8, 4) is 5.69 Å². The van der Waals surface area contributed by atoms with Gasteiger partial charge in [0.2, 0.25) is 0 Å². The van der Waals surface area contributed by atoms with Gasteiger partial charge >= 0.3 is 5.97 Å². The summed E-state index contributed by atoms with van der Waals surface area (Å²) in [6.07, 6.45) is 6.01. The van der Waals surface area contributed by atoms with Crippen LogP contribution >= 0.6 is 0 Å². The maximum atomic E-state index is 11.3. The number of rotatable bonds is 7. The molecule has 0 saturated carbocycles. The first kappa shape index (κ1) is 18.6. The van der Waals surface area contributed by atoms with E-state index in [4.69, 9.17) is 0 Å². The zero-order chi connectivity index (χ0) is 20.1. The highest BCUT2D eigenvalue weighted by atomic mass is 16.4. The van der Waals surface area contributed by atoms with Gasteiger partial charge in [-0.15, -0.1) is 0 Å². The molecule has 0 amide bonds. The van der Waals surface area contributed by atoms with E-state index < -0.39 is 5.97 Å². The van der Waals surface area contributed by atoms with Crippen LogP contribution in [0.15, 0.2) is 97.3 Å². The zero-order valence-electron chi connectivity index (χ0n) is 16.0. The van der Waals surface area contributed by atoms with Gasteiger partial charge in [-0.05, 0) is 72.5 Å². The highest BCUT2D eigenvalue weighted by molar-refractivity contribution is 5.95. The molecule has 0 aliphatic heterocycles. The van der Waals surface area contributed by atoms with E-state index in [0.29, 0.717) is 5.69 Å². The number of carbonyl (C=O) groups is 1. The fourth-order valence-corrected chi connectivity index (χ4v) is 3.32. The van der Waals surface area contributed by atoms with Crippen LogP contribution in [0.5, 0.6) is 0 Å².